The number of aryl methyl sites for hydroxylation is 1. The summed E-state index contributed by atoms with van der Waals surface area (Å²) in [7, 11) is 0. The number of hydrogen-bond donors (Lipinski definition) is 2. The van der Waals surface area contributed by atoms with Gasteiger partial charge in [0.2, 0.25) is 0 Å². The van der Waals surface area contributed by atoms with Crippen LogP contribution in [0.5, 0.6) is 0 Å². The van der Waals surface area contributed by atoms with Gasteiger partial charge in [0.15, 0.2) is 0 Å². The summed E-state index contributed by atoms with van der Waals surface area (Å²) in [5, 5.41) is 2.90. The van der Waals surface area contributed by atoms with Crippen LogP contribution in [-0.2, 0) is 17.8 Å². The number of rotatable bonds is 6. The lowest BCUT2D eigenvalue weighted by molar-refractivity contribution is -0.117. The lowest BCUT2D eigenvalue weighted by Gasteiger charge is -2.08. The first-order valence-corrected chi connectivity index (χ1v) is 7.07. The highest BCUT2D eigenvalue weighted by Crippen LogP contribution is 2.06. The number of allylic oxidation sites excluding steroid dienone is 2. The minimum Gasteiger partial charge on any atom is -0.402 e. The van der Waals surface area contributed by atoms with Gasteiger partial charge < -0.3 is 11.1 Å². The second kappa shape index (κ2) is 8.20. The summed E-state index contributed by atoms with van der Waals surface area (Å²) >= 11 is 0. The molecule has 1 aromatic rings. The smallest absolute Gasteiger partial charge is 0.253 e. The monoisotopic (exact) mass is 272 g/mol. The van der Waals surface area contributed by atoms with Gasteiger partial charge in [-0.25, -0.2) is 0 Å². The summed E-state index contributed by atoms with van der Waals surface area (Å²) in [5.41, 5.74) is 9.21. The molecule has 0 unspecified atom stereocenters. The summed E-state index contributed by atoms with van der Waals surface area (Å²) in [6, 6.07) is 8.26. The van der Waals surface area contributed by atoms with E-state index in [0.29, 0.717) is 17.8 Å². The zero-order chi connectivity index (χ0) is 15.0. The molecule has 3 N–H and O–H groups in total. The highest BCUT2D eigenvalue weighted by atomic mass is 16.1. The van der Waals surface area contributed by atoms with Gasteiger partial charge in [0, 0.05) is 12.2 Å². The van der Waals surface area contributed by atoms with Crippen molar-refractivity contribution in [3.63, 3.8) is 0 Å². The molecule has 0 bridgehead atoms. The highest BCUT2D eigenvalue weighted by Gasteiger charge is 2.08. The fraction of sp³-hybridized carbons (Fsp3) is 0.353. The maximum atomic E-state index is 12.1. The van der Waals surface area contributed by atoms with E-state index in [2.05, 4.69) is 24.4 Å². The molecule has 20 heavy (non-hydrogen) atoms. The van der Waals surface area contributed by atoms with Crippen LogP contribution in [0.1, 0.15) is 38.3 Å². The fourth-order valence-electron chi connectivity index (χ4n) is 1.79. The molecule has 3 heteroatoms. The van der Waals surface area contributed by atoms with E-state index >= 15 is 0 Å². The van der Waals surface area contributed by atoms with Crippen LogP contribution in [0.15, 0.2) is 47.7 Å². The molecule has 0 aromatic heterocycles. The molecule has 1 amide bonds. The first kappa shape index (κ1) is 16.0. The largest absolute Gasteiger partial charge is 0.402 e. The number of carbonyl (C=O) groups is 1. The molecule has 0 spiro atoms. The Morgan fingerprint density at radius 1 is 1.20 bits per heavy atom. The van der Waals surface area contributed by atoms with Gasteiger partial charge in [0.25, 0.3) is 5.91 Å². The Morgan fingerprint density at radius 3 is 2.30 bits per heavy atom. The molecule has 0 aliphatic heterocycles. The van der Waals surface area contributed by atoms with Gasteiger partial charge in [-0.15, -0.1) is 0 Å². The number of nitrogens with two attached hydrogens (primary N) is 1. The standard InChI is InChI=1S/C17H24N2O/c1-4-6-7-16(13(3)18)17(20)19-12-15-10-8-14(5-2)9-11-15/h6-11H,4-5,12,18H2,1-3H3,(H,19,20)/b7-6-,16-13-. The predicted octanol–water partition coefficient (Wildman–Crippen LogP) is 3.06. The highest BCUT2D eigenvalue weighted by molar-refractivity contribution is 5.96. The van der Waals surface area contributed by atoms with Crippen LogP contribution < -0.4 is 11.1 Å². The summed E-state index contributed by atoms with van der Waals surface area (Å²) in [5.74, 6) is -0.130. The summed E-state index contributed by atoms with van der Waals surface area (Å²) in [6.45, 7) is 6.40. The van der Waals surface area contributed by atoms with Gasteiger partial charge in [-0.2, -0.15) is 0 Å². The molecule has 0 aliphatic rings. The molecule has 0 heterocycles. The van der Waals surface area contributed by atoms with E-state index < -0.39 is 0 Å². The van der Waals surface area contributed by atoms with Crippen molar-refractivity contribution in [2.75, 3.05) is 0 Å². The van der Waals surface area contributed by atoms with Crippen molar-refractivity contribution in [1.29, 1.82) is 0 Å². The molecule has 1 aromatic carbocycles. The van der Waals surface area contributed by atoms with Crippen molar-refractivity contribution in [3.8, 4) is 0 Å². The zero-order valence-electron chi connectivity index (χ0n) is 12.6. The van der Waals surface area contributed by atoms with Crippen LogP contribution in [0, 0.1) is 0 Å². The van der Waals surface area contributed by atoms with Crippen LogP contribution >= 0.6 is 0 Å². The van der Waals surface area contributed by atoms with E-state index in [1.165, 1.54) is 5.56 Å². The molecule has 0 fully saturated rings. The SMILES string of the molecule is CC/C=C\C(C(=O)NCc1ccc(CC)cc1)=C(/C)N. The van der Waals surface area contributed by atoms with Crippen LogP contribution in [0.4, 0.5) is 0 Å². The Bertz CT molecular complexity index is 494. The molecule has 108 valence electrons. The fourth-order valence-corrected chi connectivity index (χ4v) is 1.79. The molecule has 3 nitrogen and oxygen atoms in total. The van der Waals surface area contributed by atoms with E-state index in [1.54, 1.807) is 13.0 Å². The minimum absolute atomic E-state index is 0.130. The number of nitrogens with one attached hydrogen (secondary N) is 1. The minimum atomic E-state index is -0.130. The Balaban J connectivity index is 2.65. The Hall–Kier alpha value is -2.03. The summed E-state index contributed by atoms with van der Waals surface area (Å²) in [6.07, 6.45) is 5.61. The van der Waals surface area contributed by atoms with Crippen molar-refractivity contribution < 1.29 is 4.79 Å². The molecule has 1 rings (SSSR count). The quantitative estimate of drug-likeness (QED) is 0.617. The van der Waals surface area contributed by atoms with Gasteiger partial charge in [0.05, 0.1) is 5.57 Å². The molecule has 0 atom stereocenters. The van der Waals surface area contributed by atoms with Crippen LogP contribution in [0.3, 0.4) is 0 Å². The summed E-state index contributed by atoms with van der Waals surface area (Å²) < 4.78 is 0. The summed E-state index contributed by atoms with van der Waals surface area (Å²) in [4.78, 5) is 12.1. The lowest BCUT2D eigenvalue weighted by Crippen LogP contribution is -2.25. The molecule has 0 saturated heterocycles. The average Bonchev–Trinajstić information content (AvgIpc) is 2.45. The maximum absolute atomic E-state index is 12.1. The Labute approximate surface area is 121 Å². The molecule has 0 radical (unpaired) electrons. The second-order valence-electron chi connectivity index (χ2n) is 4.76. The van der Waals surface area contributed by atoms with Crippen molar-refractivity contribution in [1.82, 2.24) is 5.32 Å². The third kappa shape index (κ3) is 4.92. The molecule has 0 saturated carbocycles. The van der Waals surface area contributed by atoms with E-state index in [1.807, 2.05) is 25.1 Å². The van der Waals surface area contributed by atoms with Gasteiger partial charge in [0.1, 0.15) is 0 Å². The average molecular weight is 272 g/mol. The number of benzene rings is 1. The van der Waals surface area contributed by atoms with Crippen molar-refractivity contribution in [3.05, 3.63) is 58.8 Å². The van der Waals surface area contributed by atoms with E-state index in [4.69, 9.17) is 5.73 Å². The maximum Gasteiger partial charge on any atom is 0.253 e. The molecule has 0 aliphatic carbocycles. The van der Waals surface area contributed by atoms with Crippen molar-refractivity contribution in [2.24, 2.45) is 5.73 Å². The third-order valence-corrected chi connectivity index (χ3v) is 3.07. The molecular weight excluding hydrogens is 248 g/mol. The van der Waals surface area contributed by atoms with Crippen LogP contribution in [0.25, 0.3) is 0 Å². The zero-order valence-corrected chi connectivity index (χ0v) is 12.6. The van der Waals surface area contributed by atoms with Gasteiger partial charge in [-0.3, -0.25) is 4.79 Å². The first-order chi connectivity index (χ1) is 9.58. The number of amides is 1. The lowest BCUT2D eigenvalue weighted by atomic mass is 10.1. The van der Waals surface area contributed by atoms with Gasteiger partial charge in [-0.05, 0) is 30.9 Å². The van der Waals surface area contributed by atoms with E-state index in [-0.39, 0.29) is 5.91 Å². The second-order valence-corrected chi connectivity index (χ2v) is 4.76. The topological polar surface area (TPSA) is 55.1 Å². The van der Waals surface area contributed by atoms with E-state index in [9.17, 15) is 4.79 Å². The Morgan fingerprint density at radius 2 is 1.80 bits per heavy atom. The van der Waals surface area contributed by atoms with Crippen LogP contribution in [0.2, 0.25) is 0 Å². The van der Waals surface area contributed by atoms with Crippen molar-refractivity contribution in [2.45, 2.75) is 40.2 Å². The van der Waals surface area contributed by atoms with Gasteiger partial charge >= 0.3 is 0 Å². The van der Waals surface area contributed by atoms with E-state index in [0.717, 1.165) is 18.4 Å². The van der Waals surface area contributed by atoms with Crippen LogP contribution in [-0.4, -0.2) is 5.91 Å². The normalized spacial score (nSPS) is 12.3. The van der Waals surface area contributed by atoms with Gasteiger partial charge in [-0.1, -0.05) is 50.3 Å². The number of carbonyl (C=O) groups excluding carboxylic acids is 1. The predicted molar refractivity (Wildman–Crippen MR) is 84.0 cm³/mol. The third-order valence-electron chi connectivity index (χ3n) is 3.07. The Kier molecular flexibility index (Phi) is 6.57. The number of hydrogen-bond acceptors (Lipinski definition) is 2. The first-order valence-electron chi connectivity index (χ1n) is 7.07. The molecular formula is C17H24N2O. The van der Waals surface area contributed by atoms with Crippen molar-refractivity contribution >= 4 is 5.91 Å².